The van der Waals surface area contributed by atoms with Crippen molar-refractivity contribution in [3.05, 3.63) is 0 Å². The van der Waals surface area contributed by atoms with E-state index in [0.29, 0.717) is 13.2 Å². The van der Waals surface area contributed by atoms with E-state index in [2.05, 4.69) is 6.92 Å². The van der Waals surface area contributed by atoms with Gasteiger partial charge >= 0.3 is 0 Å². The fourth-order valence-electron chi connectivity index (χ4n) is 1.65. The highest BCUT2D eigenvalue weighted by Gasteiger charge is 2.05. The molecule has 0 heterocycles. The summed E-state index contributed by atoms with van der Waals surface area (Å²) in [5.74, 6) is 0. The summed E-state index contributed by atoms with van der Waals surface area (Å²) in [5.41, 5.74) is 0. The van der Waals surface area contributed by atoms with E-state index in [4.69, 9.17) is 14.2 Å². The number of rotatable bonds is 13. The molecule has 18 heavy (non-hydrogen) atoms. The summed E-state index contributed by atoms with van der Waals surface area (Å²) >= 11 is 0. The summed E-state index contributed by atoms with van der Waals surface area (Å²) in [7, 11) is 1.70. The third-order valence-electron chi connectivity index (χ3n) is 3.01. The van der Waals surface area contributed by atoms with Crippen LogP contribution >= 0.6 is 0 Å². The lowest BCUT2D eigenvalue weighted by atomic mass is 10.1. The first-order chi connectivity index (χ1) is 8.70. The zero-order valence-corrected chi connectivity index (χ0v) is 12.7. The van der Waals surface area contributed by atoms with Crippen molar-refractivity contribution in [3.8, 4) is 0 Å². The lowest BCUT2D eigenvalue weighted by Crippen LogP contribution is -2.22. The van der Waals surface area contributed by atoms with Gasteiger partial charge in [-0.25, -0.2) is 0 Å². The molecule has 0 aliphatic carbocycles. The molecule has 0 aromatic rings. The maximum atomic E-state index is 5.60. The van der Waals surface area contributed by atoms with Crippen LogP contribution in [-0.4, -0.2) is 39.1 Å². The van der Waals surface area contributed by atoms with E-state index in [9.17, 15) is 0 Å². The van der Waals surface area contributed by atoms with Crippen LogP contribution in [0, 0.1) is 0 Å². The van der Waals surface area contributed by atoms with Crippen molar-refractivity contribution in [1.82, 2.24) is 0 Å². The molecule has 0 saturated heterocycles. The lowest BCUT2D eigenvalue weighted by molar-refractivity contribution is -0.0467. The Hall–Kier alpha value is -0.120. The molecule has 2 unspecified atom stereocenters. The summed E-state index contributed by atoms with van der Waals surface area (Å²) in [5, 5.41) is 0. The van der Waals surface area contributed by atoms with Crippen molar-refractivity contribution in [2.45, 2.75) is 71.5 Å². The number of hydrogen-bond acceptors (Lipinski definition) is 3. The quantitative estimate of drug-likeness (QED) is 0.471. The highest BCUT2D eigenvalue weighted by Crippen LogP contribution is 2.05. The van der Waals surface area contributed by atoms with Crippen LogP contribution in [0.1, 0.15) is 59.3 Å². The van der Waals surface area contributed by atoms with E-state index in [1.807, 2.05) is 13.8 Å². The molecule has 0 saturated carbocycles. The first-order valence-electron chi connectivity index (χ1n) is 7.42. The molecular formula is C15H32O3. The van der Waals surface area contributed by atoms with Gasteiger partial charge in [-0.05, 0) is 20.3 Å². The van der Waals surface area contributed by atoms with Gasteiger partial charge < -0.3 is 14.2 Å². The molecule has 0 aromatic heterocycles. The lowest BCUT2D eigenvalue weighted by Gasteiger charge is -2.16. The van der Waals surface area contributed by atoms with Crippen molar-refractivity contribution >= 4 is 0 Å². The van der Waals surface area contributed by atoms with Gasteiger partial charge in [0.15, 0.2) is 0 Å². The van der Waals surface area contributed by atoms with Crippen LogP contribution in [0.15, 0.2) is 0 Å². The topological polar surface area (TPSA) is 27.7 Å². The zero-order chi connectivity index (χ0) is 13.6. The zero-order valence-electron chi connectivity index (χ0n) is 12.7. The molecule has 0 aliphatic heterocycles. The van der Waals surface area contributed by atoms with E-state index in [1.54, 1.807) is 7.11 Å². The number of methoxy groups -OCH3 is 1. The second kappa shape index (κ2) is 13.3. The Bertz CT molecular complexity index is 162. The van der Waals surface area contributed by atoms with Gasteiger partial charge in [0.1, 0.15) is 0 Å². The van der Waals surface area contributed by atoms with Gasteiger partial charge in [-0.3, -0.25) is 0 Å². The van der Waals surface area contributed by atoms with E-state index in [1.165, 1.54) is 38.5 Å². The predicted octanol–water partition coefficient (Wildman–Crippen LogP) is 3.80. The third kappa shape index (κ3) is 12.3. The Balaban J connectivity index is 3.17. The van der Waals surface area contributed by atoms with Crippen molar-refractivity contribution in [1.29, 1.82) is 0 Å². The largest absolute Gasteiger partial charge is 0.379 e. The van der Waals surface area contributed by atoms with Gasteiger partial charge in [0.2, 0.25) is 0 Å². The number of ether oxygens (including phenoxy) is 3. The minimum atomic E-state index is 0.155. The van der Waals surface area contributed by atoms with Crippen LogP contribution < -0.4 is 0 Å². The van der Waals surface area contributed by atoms with Crippen molar-refractivity contribution < 1.29 is 14.2 Å². The Morgan fingerprint density at radius 1 is 0.833 bits per heavy atom. The third-order valence-corrected chi connectivity index (χ3v) is 3.01. The van der Waals surface area contributed by atoms with Gasteiger partial charge in [-0.1, -0.05) is 39.0 Å². The van der Waals surface area contributed by atoms with Gasteiger partial charge in [-0.2, -0.15) is 0 Å². The Morgan fingerprint density at radius 2 is 1.50 bits per heavy atom. The van der Waals surface area contributed by atoms with E-state index in [-0.39, 0.29) is 12.2 Å². The summed E-state index contributed by atoms with van der Waals surface area (Å²) < 4.78 is 16.3. The molecule has 0 spiro atoms. The second-order valence-corrected chi connectivity index (χ2v) is 5.03. The molecular weight excluding hydrogens is 228 g/mol. The van der Waals surface area contributed by atoms with Crippen molar-refractivity contribution in [2.75, 3.05) is 26.9 Å². The van der Waals surface area contributed by atoms with Crippen molar-refractivity contribution in [2.24, 2.45) is 0 Å². The van der Waals surface area contributed by atoms with Crippen LogP contribution in [-0.2, 0) is 14.2 Å². The summed E-state index contributed by atoms with van der Waals surface area (Å²) in [6, 6.07) is 0. The maximum absolute atomic E-state index is 5.60. The Labute approximate surface area is 113 Å². The molecule has 3 heteroatoms. The predicted molar refractivity (Wildman–Crippen MR) is 76.1 cm³/mol. The number of unbranched alkanes of at least 4 members (excludes halogenated alkanes) is 5. The van der Waals surface area contributed by atoms with Crippen molar-refractivity contribution in [3.63, 3.8) is 0 Å². The fraction of sp³-hybridized carbons (Fsp3) is 1.00. The van der Waals surface area contributed by atoms with Crippen LogP contribution in [0.4, 0.5) is 0 Å². The smallest absolute Gasteiger partial charge is 0.0781 e. The average molecular weight is 260 g/mol. The summed E-state index contributed by atoms with van der Waals surface area (Å²) in [6.45, 7) is 8.48. The monoisotopic (exact) mass is 260 g/mol. The molecule has 110 valence electrons. The molecule has 0 N–H and O–H groups in total. The minimum Gasteiger partial charge on any atom is -0.379 e. The van der Waals surface area contributed by atoms with Crippen LogP contribution in [0.25, 0.3) is 0 Å². The molecule has 0 amide bonds. The SMILES string of the molecule is CCCCCCCCOCC(C)OCC(C)OC. The average Bonchev–Trinajstić information content (AvgIpc) is 2.39. The molecule has 0 aromatic carbocycles. The van der Waals surface area contributed by atoms with Gasteiger partial charge in [-0.15, -0.1) is 0 Å². The van der Waals surface area contributed by atoms with E-state index >= 15 is 0 Å². The molecule has 0 aliphatic rings. The Kier molecular flexibility index (Phi) is 13.2. The molecule has 0 fully saturated rings. The van der Waals surface area contributed by atoms with Crippen LogP contribution in [0.2, 0.25) is 0 Å². The van der Waals surface area contributed by atoms with Crippen LogP contribution in [0.5, 0.6) is 0 Å². The Morgan fingerprint density at radius 3 is 2.17 bits per heavy atom. The molecule has 0 radical (unpaired) electrons. The minimum absolute atomic E-state index is 0.155. The normalized spacial score (nSPS) is 14.7. The van der Waals surface area contributed by atoms with Gasteiger partial charge in [0.25, 0.3) is 0 Å². The molecule has 0 rings (SSSR count). The maximum Gasteiger partial charge on any atom is 0.0781 e. The standard InChI is InChI=1S/C15H32O3/c1-5-6-7-8-9-10-11-17-12-15(3)18-13-14(2)16-4/h14-15H,5-13H2,1-4H3. The molecule has 0 bridgehead atoms. The summed E-state index contributed by atoms with van der Waals surface area (Å²) in [6.07, 6.45) is 8.16. The molecule has 3 nitrogen and oxygen atoms in total. The summed E-state index contributed by atoms with van der Waals surface area (Å²) in [4.78, 5) is 0. The first-order valence-corrected chi connectivity index (χ1v) is 7.42. The van der Waals surface area contributed by atoms with Crippen LogP contribution in [0.3, 0.4) is 0 Å². The van der Waals surface area contributed by atoms with E-state index < -0.39 is 0 Å². The highest BCUT2D eigenvalue weighted by atomic mass is 16.6. The first kappa shape index (κ1) is 17.9. The highest BCUT2D eigenvalue weighted by molar-refractivity contribution is 4.52. The van der Waals surface area contributed by atoms with Gasteiger partial charge in [0.05, 0.1) is 25.4 Å². The fourth-order valence-corrected chi connectivity index (χ4v) is 1.65. The number of hydrogen-bond donors (Lipinski definition) is 0. The van der Waals surface area contributed by atoms with Gasteiger partial charge in [0, 0.05) is 13.7 Å². The van der Waals surface area contributed by atoms with E-state index in [0.717, 1.165) is 6.61 Å². The second-order valence-electron chi connectivity index (χ2n) is 5.03. The molecule has 2 atom stereocenters.